The zero-order valence-corrected chi connectivity index (χ0v) is 8.32. The van der Waals surface area contributed by atoms with E-state index in [2.05, 4.69) is 0 Å². The molecule has 0 amide bonds. The predicted octanol–water partition coefficient (Wildman–Crippen LogP) is 1.26. The first-order chi connectivity index (χ1) is 5.02. The summed E-state index contributed by atoms with van der Waals surface area (Å²) in [4.78, 5) is 0. The van der Waals surface area contributed by atoms with Gasteiger partial charge in [-0.05, 0) is 13.3 Å². The molecule has 0 heterocycles. The van der Waals surface area contributed by atoms with Gasteiger partial charge in [0.05, 0.1) is 12.2 Å². The Labute approximate surface area is 73.0 Å². The van der Waals surface area contributed by atoms with E-state index in [1.54, 1.807) is 11.8 Å². The van der Waals surface area contributed by atoms with Crippen molar-refractivity contribution in [2.45, 2.75) is 38.0 Å². The Morgan fingerprint density at radius 2 is 2.09 bits per heavy atom. The van der Waals surface area contributed by atoms with E-state index in [1.165, 1.54) is 0 Å². The second-order valence-electron chi connectivity index (χ2n) is 3.15. The smallest absolute Gasteiger partial charge is 0.0707 e. The number of aliphatic hydroxyl groups excluding tert-OH is 1. The third-order valence-corrected chi connectivity index (χ3v) is 3.20. The lowest BCUT2D eigenvalue weighted by Crippen LogP contribution is -2.27. The molecule has 0 rings (SSSR count). The van der Waals surface area contributed by atoms with E-state index in [-0.39, 0.29) is 11.9 Å². The molecule has 0 aromatic carbocycles. The molecule has 0 aliphatic heterocycles. The van der Waals surface area contributed by atoms with E-state index in [0.717, 1.165) is 6.42 Å². The van der Waals surface area contributed by atoms with Crippen molar-refractivity contribution >= 4 is 11.8 Å². The van der Waals surface area contributed by atoms with Crippen molar-refractivity contribution in [1.29, 1.82) is 0 Å². The molecule has 0 aliphatic carbocycles. The molecule has 0 aliphatic rings. The molecule has 2 N–H and O–H groups in total. The molecule has 68 valence electrons. The van der Waals surface area contributed by atoms with Gasteiger partial charge in [-0.1, -0.05) is 13.8 Å². The van der Waals surface area contributed by atoms with Crippen molar-refractivity contribution in [3.05, 3.63) is 0 Å². The fraction of sp³-hybridized carbons (Fsp3) is 1.00. The summed E-state index contributed by atoms with van der Waals surface area (Å²) in [6.45, 7) is 5.93. The van der Waals surface area contributed by atoms with Crippen LogP contribution in [0, 0.1) is 0 Å². The van der Waals surface area contributed by atoms with Crippen molar-refractivity contribution in [1.82, 2.24) is 0 Å². The van der Waals surface area contributed by atoms with E-state index in [4.69, 9.17) is 5.11 Å². The van der Waals surface area contributed by atoms with Gasteiger partial charge in [-0.15, -0.1) is 0 Å². The van der Waals surface area contributed by atoms with Crippen LogP contribution in [0.2, 0.25) is 0 Å². The minimum absolute atomic E-state index is 0.185. The molecule has 0 spiro atoms. The maximum atomic E-state index is 9.57. The highest BCUT2D eigenvalue weighted by molar-refractivity contribution is 7.99. The maximum absolute atomic E-state index is 9.57. The third-order valence-electron chi connectivity index (χ3n) is 1.70. The van der Waals surface area contributed by atoms with Gasteiger partial charge in [0, 0.05) is 11.0 Å². The summed E-state index contributed by atoms with van der Waals surface area (Å²) in [6, 6.07) is 0. The van der Waals surface area contributed by atoms with Crippen LogP contribution in [0.1, 0.15) is 27.2 Å². The first-order valence-electron chi connectivity index (χ1n) is 3.96. The zero-order chi connectivity index (χ0) is 8.91. The Morgan fingerprint density at radius 1 is 1.55 bits per heavy atom. The highest BCUT2D eigenvalue weighted by Crippen LogP contribution is 2.19. The van der Waals surface area contributed by atoms with Crippen LogP contribution in [0.3, 0.4) is 0 Å². The minimum atomic E-state index is -0.575. The van der Waals surface area contributed by atoms with Gasteiger partial charge in [0.25, 0.3) is 0 Å². The largest absolute Gasteiger partial charge is 0.395 e. The molecule has 0 aromatic heterocycles. The highest BCUT2D eigenvalue weighted by atomic mass is 32.2. The Kier molecular flexibility index (Phi) is 5.13. The lowest BCUT2D eigenvalue weighted by Gasteiger charge is -2.22. The molecule has 11 heavy (non-hydrogen) atoms. The number of hydrogen-bond donors (Lipinski definition) is 2. The van der Waals surface area contributed by atoms with Crippen LogP contribution < -0.4 is 0 Å². The molecular weight excluding hydrogens is 160 g/mol. The van der Waals surface area contributed by atoms with Gasteiger partial charge in [-0.3, -0.25) is 0 Å². The number of thioether (sulfide) groups is 1. The summed E-state index contributed by atoms with van der Waals surface area (Å²) in [6.07, 6.45) is 0.762. The van der Waals surface area contributed by atoms with Crippen LogP contribution >= 0.6 is 11.8 Å². The average molecular weight is 178 g/mol. The summed E-state index contributed by atoms with van der Waals surface area (Å²) < 4.78 is 0. The summed E-state index contributed by atoms with van der Waals surface area (Å²) in [7, 11) is 0. The number of aliphatic hydroxyl groups is 2. The number of hydrogen-bond acceptors (Lipinski definition) is 3. The minimum Gasteiger partial charge on any atom is -0.395 e. The van der Waals surface area contributed by atoms with Crippen LogP contribution in [0.15, 0.2) is 0 Å². The normalized spacial score (nSPS) is 19.4. The average Bonchev–Trinajstić information content (AvgIpc) is 2.00. The summed E-state index contributed by atoms with van der Waals surface area (Å²) in [5.41, 5.74) is -0.575. The maximum Gasteiger partial charge on any atom is 0.0707 e. The van der Waals surface area contributed by atoms with Crippen LogP contribution in [0.4, 0.5) is 0 Å². The molecule has 0 saturated heterocycles. The van der Waals surface area contributed by atoms with Gasteiger partial charge in [-0.2, -0.15) is 11.8 Å². The van der Waals surface area contributed by atoms with Gasteiger partial charge in [0.1, 0.15) is 0 Å². The molecule has 2 nitrogen and oxygen atoms in total. The predicted molar refractivity (Wildman–Crippen MR) is 49.9 cm³/mol. The Morgan fingerprint density at radius 3 is 2.45 bits per heavy atom. The quantitative estimate of drug-likeness (QED) is 0.666. The van der Waals surface area contributed by atoms with Crippen LogP contribution in [-0.2, 0) is 0 Å². The van der Waals surface area contributed by atoms with Crippen molar-refractivity contribution in [3.8, 4) is 0 Å². The van der Waals surface area contributed by atoms with Crippen LogP contribution in [0.25, 0.3) is 0 Å². The van der Waals surface area contributed by atoms with E-state index in [9.17, 15) is 5.11 Å². The van der Waals surface area contributed by atoms with Crippen molar-refractivity contribution < 1.29 is 10.2 Å². The van der Waals surface area contributed by atoms with Crippen molar-refractivity contribution in [3.63, 3.8) is 0 Å². The highest BCUT2D eigenvalue weighted by Gasteiger charge is 2.18. The first kappa shape index (κ1) is 11.3. The molecular formula is C8H18O2S. The van der Waals surface area contributed by atoms with Gasteiger partial charge in [0.15, 0.2) is 0 Å². The molecule has 0 saturated carbocycles. The van der Waals surface area contributed by atoms with E-state index < -0.39 is 5.60 Å². The topological polar surface area (TPSA) is 40.5 Å². The van der Waals surface area contributed by atoms with Gasteiger partial charge in [0.2, 0.25) is 0 Å². The third kappa shape index (κ3) is 5.53. The lowest BCUT2D eigenvalue weighted by atomic mass is 10.1. The summed E-state index contributed by atoms with van der Waals surface area (Å²) >= 11 is 1.61. The molecule has 0 bridgehead atoms. The Balaban J connectivity index is 3.52. The van der Waals surface area contributed by atoms with Crippen molar-refractivity contribution in [2.75, 3.05) is 12.4 Å². The Bertz CT molecular complexity index is 104. The van der Waals surface area contributed by atoms with Gasteiger partial charge >= 0.3 is 0 Å². The van der Waals surface area contributed by atoms with Crippen LogP contribution in [-0.4, -0.2) is 33.4 Å². The van der Waals surface area contributed by atoms with E-state index >= 15 is 0 Å². The molecule has 3 heteroatoms. The summed E-state index contributed by atoms with van der Waals surface area (Å²) in [5.74, 6) is 0.700. The zero-order valence-electron chi connectivity index (χ0n) is 7.50. The second-order valence-corrected chi connectivity index (χ2v) is 4.58. The molecule has 0 radical (unpaired) electrons. The SMILES string of the molecule is CCC(C)(O)CSC(C)CO. The molecule has 2 atom stereocenters. The van der Waals surface area contributed by atoms with E-state index in [0.29, 0.717) is 5.75 Å². The Hall–Kier alpha value is 0.270. The van der Waals surface area contributed by atoms with E-state index in [1.807, 2.05) is 20.8 Å². The van der Waals surface area contributed by atoms with Gasteiger partial charge < -0.3 is 10.2 Å². The van der Waals surface area contributed by atoms with Gasteiger partial charge in [-0.25, -0.2) is 0 Å². The monoisotopic (exact) mass is 178 g/mol. The summed E-state index contributed by atoms with van der Waals surface area (Å²) in [5, 5.41) is 18.5. The lowest BCUT2D eigenvalue weighted by molar-refractivity contribution is 0.0814. The fourth-order valence-electron chi connectivity index (χ4n) is 0.477. The number of rotatable bonds is 5. The molecule has 0 fully saturated rings. The van der Waals surface area contributed by atoms with Crippen LogP contribution in [0.5, 0.6) is 0 Å². The molecule has 2 unspecified atom stereocenters. The fourth-order valence-corrected chi connectivity index (χ4v) is 1.43. The first-order valence-corrected chi connectivity index (χ1v) is 5.01. The second kappa shape index (κ2) is 5.01. The van der Waals surface area contributed by atoms with Crippen molar-refractivity contribution in [2.24, 2.45) is 0 Å². The standard InChI is InChI=1S/C8H18O2S/c1-4-8(3,10)6-11-7(2)5-9/h7,9-10H,4-6H2,1-3H3. The molecule has 0 aromatic rings.